The molecule has 0 saturated heterocycles. The van der Waals surface area contributed by atoms with Crippen molar-refractivity contribution in [3.05, 3.63) is 53.1 Å². The first kappa shape index (κ1) is 17.6. The van der Waals surface area contributed by atoms with Crippen molar-refractivity contribution in [3.63, 3.8) is 0 Å². The van der Waals surface area contributed by atoms with Gasteiger partial charge in [0.05, 0.1) is 24.8 Å². The normalized spacial score (nSPS) is 9.96. The summed E-state index contributed by atoms with van der Waals surface area (Å²) < 4.78 is 15.2. The monoisotopic (exact) mass is 349 g/mol. The van der Waals surface area contributed by atoms with E-state index >= 15 is 0 Å². The molecule has 0 atom stereocenters. The lowest BCUT2D eigenvalue weighted by atomic mass is 10.2. The summed E-state index contributed by atoms with van der Waals surface area (Å²) in [6.07, 6.45) is 0. The van der Waals surface area contributed by atoms with Gasteiger partial charge in [-0.1, -0.05) is 23.7 Å². The lowest BCUT2D eigenvalue weighted by molar-refractivity contribution is -0.119. The molecule has 0 aliphatic rings. The summed E-state index contributed by atoms with van der Waals surface area (Å²) in [4.78, 5) is 23.8. The van der Waals surface area contributed by atoms with Gasteiger partial charge >= 0.3 is 5.97 Å². The summed E-state index contributed by atoms with van der Waals surface area (Å²) >= 11 is 5.90. The van der Waals surface area contributed by atoms with Crippen molar-refractivity contribution >= 4 is 29.2 Å². The summed E-state index contributed by atoms with van der Waals surface area (Å²) in [5.41, 5.74) is 0.699. The molecule has 2 rings (SSSR count). The first-order chi connectivity index (χ1) is 11.5. The maximum atomic E-state index is 11.9. The molecule has 0 saturated carbocycles. The molecule has 2 aromatic carbocycles. The van der Waals surface area contributed by atoms with E-state index in [-0.39, 0.29) is 10.6 Å². The zero-order chi connectivity index (χ0) is 17.5. The van der Waals surface area contributed by atoms with Gasteiger partial charge < -0.3 is 19.5 Å². The zero-order valence-electron chi connectivity index (χ0n) is 13.2. The molecule has 0 unspecified atom stereocenters. The summed E-state index contributed by atoms with van der Waals surface area (Å²) in [7, 11) is 3.01. The maximum absolute atomic E-state index is 11.9. The summed E-state index contributed by atoms with van der Waals surface area (Å²) in [5.74, 6) is -0.130. The van der Waals surface area contributed by atoms with Crippen LogP contribution in [-0.2, 0) is 9.53 Å². The highest BCUT2D eigenvalue weighted by Gasteiger charge is 2.14. The van der Waals surface area contributed by atoms with Gasteiger partial charge in [-0.2, -0.15) is 0 Å². The highest BCUT2D eigenvalue weighted by atomic mass is 35.5. The third-order valence-electron chi connectivity index (χ3n) is 3.10. The van der Waals surface area contributed by atoms with E-state index < -0.39 is 18.5 Å². The quantitative estimate of drug-likeness (QED) is 0.811. The molecule has 6 nitrogen and oxygen atoms in total. The number of rotatable bonds is 6. The van der Waals surface area contributed by atoms with Crippen LogP contribution in [0.1, 0.15) is 10.4 Å². The van der Waals surface area contributed by atoms with E-state index in [1.54, 1.807) is 36.4 Å². The molecule has 24 heavy (non-hydrogen) atoms. The number of anilines is 1. The Bertz CT molecular complexity index is 748. The van der Waals surface area contributed by atoms with Crippen molar-refractivity contribution in [1.29, 1.82) is 0 Å². The van der Waals surface area contributed by atoms with Crippen molar-refractivity contribution in [3.8, 4) is 11.5 Å². The number of halogens is 1. The predicted molar refractivity (Wildman–Crippen MR) is 89.9 cm³/mol. The van der Waals surface area contributed by atoms with Gasteiger partial charge in [0.1, 0.15) is 0 Å². The van der Waals surface area contributed by atoms with Gasteiger partial charge in [0, 0.05) is 11.8 Å². The Balaban J connectivity index is 1.94. The van der Waals surface area contributed by atoms with E-state index in [0.29, 0.717) is 17.2 Å². The van der Waals surface area contributed by atoms with E-state index in [2.05, 4.69) is 5.32 Å². The molecule has 1 amide bonds. The van der Waals surface area contributed by atoms with Crippen LogP contribution in [-0.4, -0.2) is 32.7 Å². The number of ether oxygens (including phenoxy) is 3. The van der Waals surface area contributed by atoms with Gasteiger partial charge in [-0.25, -0.2) is 4.79 Å². The van der Waals surface area contributed by atoms with Crippen LogP contribution < -0.4 is 14.8 Å². The highest BCUT2D eigenvalue weighted by Crippen LogP contribution is 2.29. The van der Waals surface area contributed by atoms with Crippen molar-refractivity contribution in [2.24, 2.45) is 0 Å². The summed E-state index contributed by atoms with van der Waals surface area (Å²) in [5, 5.41) is 2.87. The lowest BCUT2D eigenvalue weighted by Gasteiger charge is -2.11. The number of hydrogen-bond donors (Lipinski definition) is 1. The summed E-state index contributed by atoms with van der Waals surface area (Å²) in [6, 6.07) is 11.4. The minimum Gasteiger partial charge on any atom is -0.493 e. The van der Waals surface area contributed by atoms with Crippen LogP contribution in [0.15, 0.2) is 42.5 Å². The van der Waals surface area contributed by atoms with Crippen molar-refractivity contribution in [2.75, 3.05) is 26.1 Å². The molecule has 0 aliphatic heterocycles. The van der Waals surface area contributed by atoms with Crippen molar-refractivity contribution in [2.45, 2.75) is 0 Å². The standard InChI is InChI=1S/C17H16ClNO5/c1-22-14-8-7-11(9-15(14)23-2)19-16(20)10-24-17(21)12-5-3-4-6-13(12)18/h3-9H,10H2,1-2H3,(H,19,20). The van der Waals surface area contributed by atoms with E-state index in [0.717, 1.165) is 0 Å². The first-order valence-electron chi connectivity index (χ1n) is 6.98. The van der Waals surface area contributed by atoms with Crippen molar-refractivity contribution in [1.82, 2.24) is 0 Å². The van der Waals surface area contributed by atoms with Crippen LogP contribution in [0.5, 0.6) is 11.5 Å². The summed E-state index contributed by atoms with van der Waals surface area (Å²) in [6.45, 7) is -0.432. The lowest BCUT2D eigenvalue weighted by Crippen LogP contribution is -2.21. The molecule has 7 heteroatoms. The SMILES string of the molecule is COc1ccc(NC(=O)COC(=O)c2ccccc2Cl)cc1OC. The smallest absolute Gasteiger partial charge is 0.340 e. The van der Waals surface area contributed by atoms with E-state index in [4.69, 9.17) is 25.8 Å². The minimum absolute atomic E-state index is 0.207. The largest absolute Gasteiger partial charge is 0.493 e. The first-order valence-corrected chi connectivity index (χ1v) is 7.36. The Morgan fingerprint density at radius 1 is 1.04 bits per heavy atom. The van der Waals surface area contributed by atoms with Crippen molar-refractivity contribution < 1.29 is 23.8 Å². The average Bonchev–Trinajstić information content (AvgIpc) is 2.60. The second-order valence-electron chi connectivity index (χ2n) is 4.67. The number of hydrogen-bond acceptors (Lipinski definition) is 5. The number of amides is 1. The Kier molecular flexibility index (Phi) is 6.03. The minimum atomic E-state index is -0.664. The number of nitrogens with one attached hydrogen (secondary N) is 1. The molecular formula is C17H16ClNO5. The highest BCUT2D eigenvalue weighted by molar-refractivity contribution is 6.33. The fourth-order valence-electron chi connectivity index (χ4n) is 1.95. The van der Waals surface area contributed by atoms with E-state index in [1.165, 1.54) is 20.3 Å². The van der Waals surface area contributed by atoms with Crippen LogP contribution in [0.2, 0.25) is 5.02 Å². The molecule has 0 aromatic heterocycles. The van der Waals surface area contributed by atoms with Gasteiger partial charge in [0.2, 0.25) is 0 Å². The van der Waals surface area contributed by atoms with Gasteiger partial charge in [0.15, 0.2) is 18.1 Å². The van der Waals surface area contributed by atoms with Crippen LogP contribution >= 0.6 is 11.6 Å². The van der Waals surface area contributed by atoms with E-state index in [9.17, 15) is 9.59 Å². The third-order valence-corrected chi connectivity index (χ3v) is 3.43. The number of benzene rings is 2. The number of methoxy groups -OCH3 is 2. The van der Waals surface area contributed by atoms with E-state index in [1.807, 2.05) is 0 Å². The van der Waals surface area contributed by atoms with Crippen LogP contribution in [0, 0.1) is 0 Å². The second kappa shape index (κ2) is 8.21. The number of carbonyl (C=O) groups is 2. The fourth-order valence-corrected chi connectivity index (χ4v) is 2.16. The van der Waals surface area contributed by atoms with Crippen LogP contribution in [0.4, 0.5) is 5.69 Å². The zero-order valence-corrected chi connectivity index (χ0v) is 13.9. The number of carbonyl (C=O) groups excluding carboxylic acids is 2. The molecule has 0 fully saturated rings. The Hall–Kier alpha value is -2.73. The molecule has 0 aliphatic carbocycles. The van der Waals surface area contributed by atoms with Gasteiger partial charge in [-0.3, -0.25) is 4.79 Å². The maximum Gasteiger partial charge on any atom is 0.340 e. The molecule has 0 radical (unpaired) electrons. The topological polar surface area (TPSA) is 73.9 Å². The molecular weight excluding hydrogens is 334 g/mol. The third kappa shape index (κ3) is 4.39. The number of esters is 1. The Labute approximate surface area is 144 Å². The van der Waals surface area contributed by atoms with Crippen LogP contribution in [0.3, 0.4) is 0 Å². The average molecular weight is 350 g/mol. The molecule has 126 valence electrons. The molecule has 0 heterocycles. The molecule has 0 spiro atoms. The molecule has 0 bridgehead atoms. The predicted octanol–water partition coefficient (Wildman–Crippen LogP) is 3.15. The fraction of sp³-hybridized carbons (Fsp3) is 0.176. The Morgan fingerprint density at radius 2 is 1.75 bits per heavy atom. The van der Waals surface area contributed by atoms with Gasteiger partial charge in [-0.15, -0.1) is 0 Å². The second-order valence-corrected chi connectivity index (χ2v) is 5.08. The molecule has 1 N–H and O–H groups in total. The molecule has 2 aromatic rings. The van der Waals surface area contributed by atoms with Crippen LogP contribution in [0.25, 0.3) is 0 Å². The van der Waals surface area contributed by atoms with Gasteiger partial charge in [0.25, 0.3) is 5.91 Å². The Morgan fingerprint density at radius 3 is 2.42 bits per heavy atom. The van der Waals surface area contributed by atoms with Gasteiger partial charge in [-0.05, 0) is 24.3 Å².